The second-order valence-corrected chi connectivity index (χ2v) is 5.90. The van der Waals surface area contributed by atoms with Crippen LogP contribution in [0, 0.1) is 10.1 Å². The second kappa shape index (κ2) is 7.83. The van der Waals surface area contributed by atoms with E-state index < -0.39 is 10.9 Å². The number of aromatic amines is 1. The Hall–Kier alpha value is -3.81. The molecule has 8 heteroatoms. The SMILES string of the molecule is CCOC(=O)c1c(-c2ccc(OC)cc2)cc(-c2ccc[nH]2)c([N+](=O)[O-])c1N. The zero-order valence-corrected chi connectivity index (χ0v) is 15.4. The maximum atomic E-state index is 12.6. The molecule has 0 aliphatic heterocycles. The summed E-state index contributed by atoms with van der Waals surface area (Å²) in [5.74, 6) is -0.0761. The lowest BCUT2D eigenvalue weighted by Gasteiger charge is -2.15. The number of H-pyrrole nitrogens is 1. The Labute approximate surface area is 161 Å². The van der Waals surface area contributed by atoms with Gasteiger partial charge in [-0.1, -0.05) is 12.1 Å². The molecule has 0 spiro atoms. The number of anilines is 1. The first-order valence-corrected chi connectivity index (χ1v) is 8.54. The lowest BCUT2D eigenvalue weighted by Crippen LogP contribution is -2.12. The second-order valence-electron chi connectivity index (χ2n) is 5.90. The number of nitro benzene ring substituents is 1. The molecule has 0 saturated carbocycles. The summed E-state index contributed by atoms with van der Waals surface area (Å²) in [4.78, 5) is 26.7. The van der Waals surface area contributed by atoms with Gasteiger partial charge in [0, 0.05) is 6.20 Å². The Balaban J connectivity index is 2.34. The highest BCUT2D eigenvalue weighted by atomic mass is 16.6. The van der Waals surface area contributed by atoms with E-state index in [4.69, 9.17) is 15.2 Å². The zero-order chi connectivity index (χ0) is 20.3. The number of nitrogens with one attached hydrogen (secondary N) is 1. The van der Waals surface area contributed by atoms with Crippen molar-refractivity contribution in [2.75, 3.05) is 19.5 Å². The van der Waals surface area contributed by atoms with E-state index in [0.717, 1.165) is 0 Å². The third-order valence-corrected chi connectivity index (χ3v) is 4.29. The fourth-order valence-electron chi connectivity index (χ4n) is 3.01. The number of hydrogen-bond acceptors (Lipinski definition) is 6. The van der Waals surface area contributed by atoms with Gasteiger partial charge in [0.1, 0.15) is 11.4 Å². The highest BCUT2D eigenvalue weighted by Gasteiger charge is 2.30. The first-order chi connectivity index (χ1) is 13.5. The number of esters is 1. The quantitative estimate of drug-likeness (QED) is 0.288. The van der Waals surface area contributed by atoms with Gasteiger partial charge in [-0.2, -0.15) is 0 Å². The van der Waals surface area contributed by atoms with Gasteiger partial charge < -0.3 is 20.2 Å². The van der Waals surface area contributed by atoms with Crippen LogP contribution in [0.1, 0.15) is 17.3 Å². The van der Waals surface area contributed by atoms with Gasteiger partial charge in [-0.3, -0.25) is 10.1 Å². The Bertz CT molecular complexity index is 1010. The van der Waals surface area contributed by atoms with Crippen LogP contribution in [-0.4, -0.2) is 29.6 Å². The molecular weight excluding hydrogens is 362 g/mol. The maximum Gasteiger partial charge on any atom is 0.341 e. The van der Waals surface area contributed by atoms with E-state index in [1.54, 1.807) is 62.7 Å². The van der Waals surface area contributed by atoms with E-state index in [1.165, 1.54) is 0 Å². The fourth-order valence-corrected chi connectivity index (χ4v) is 3.01. The van der Waals surface area contributed by atoms with Gasteiger partial charge in [-0.25, -0.2) is 4.79 Å². The van der Waals surface area contributed by atoms with Gasteiger partial charge in [-0.15, -0.1) is 0 Å². The molecule has 0 amide bonds. The first-order valence-electron chi connectivity index (χ1n) is 8.54. The molecule has 28 heavy (non-hydrogen) atoms. The third kappa shape index (κ3) is 3.39. The summed E-state index contributed by atoms with van der Waals surface area (Å²) >= 11 is 0. The molecule has 144 valence electrons. The Kier molecular flexibility index (Phi) is 5.30. The smallest absolute Gasteiger partial charge is 0.341 e. The molecule has 0 unspecified atom stereocenters. The van der Waals surface area contributed by atoms with Crippen molar-refractivity contribution in [3.63, 3.8) is 0 Å². The molecule has 0 aliphatic rings. The highest BCUT2D eigenvalue weighted by Crippen LogP contribution is 2.42. The molecule has 1 aromatic heterocycles. The molecule has 2 aromatic carbocycles. The summed E-state index contributed by atoms with van der Waals surface area (Å²) in [6.45, 7) is 1.77. The minimum absolute atomic E-state index is 0.0333. The van der Waals surface area contributed by atoms with E-state index in [9.17, 15) is 14.9 Å². The van der Waals surface area contributed by atoms with Crippen LogP contribution >= 0.6 is 0 Å². The fraction of sp³-hybridized carbons (Fsp3) is 0.150. The molecule has 0 aliphatic carbocycles. The Morgan fingerprint density at radius 1 is 1.21 bits per heavy atom. The van der Waals surface area contributed by atoms with Gasteiger partial charge in [0.05, 0.1) is 35.5 Å². The van der Waals surface area contributed by atoms with Crippen LogP contribution in [0.4, 0.5) is 11.4 Å². The average Bonchev–Trinajstić information content (AvgIpc) is 3.21. The number of nitro groups is 1. The van der Waals surface area contributed by atoms with Crippen LogP contribution in [0.2, 0.25) is 0 Å². The number of aromatic nitrogens is 1. The highest BCUT2D eigenvalue weighted by molar-refractivity contribution is 6.07. The van der Waals surface area contributed by atoms with Crippen molar-refractivity contribution < 1.29 is 19.2 Å². The average molecular weight is 381 g/mol. The minimum Gasteiger partial charge on any atom is -0.497 e. The number of methoxy groups -OCH3 is 1. The van der Waals surface area contributed by atoms with Gasteiger partial charge >= 0.3 is 11.7 Å². The lowest BCUT2D eigenvalue weighted by molar-refractivity contribution is -0.383. The Morgan fingerprint density at radius 3 is 2.46 bits per heavy atom. The molecule has 0 radical (unpaired) electrons. The molecule has 0 fully saturated rings. The normalized spacial score (nSPS) is 10.5. The van der Waals surface area contributed by atoms with Crippen LogP contribution in [0.3, 0.4) is 0 Å². The lowest BCUT2D eigenvalue weighted by atomic mass is 9.93. The maximum absolute atomic E-state index is 12.6. The van der Waals surface area contributed by atoms with E-state index in [0.29, 0.717) is 22.6 Å². The molecule has 3 N–H and O–H groups in total. The number of nitrogens with two attached hydrogens (primary N) is 1. The molecular formula is C20H19N3O5. The number of rotatable bonds is 6. The van der Waals surface area contributed by atoms with Gasteiger partial charge in [0.2, 0.25) is 0 Å². The molecule has 0 atom stereocenters. The van der Waals surface area contributed by atoms with Crippen LogP contribution in [0.15, 0.2) is 48.7 Å². The molecule has 8 nitrogen and oxygen atoms in total. The summed E-state index contributed by atoms with van der Waals surface area (Å²) < 4.78 is 10.3. The van der Waals surface area contributed by atoms with Crippen molar-refractivity contribution in [1.29, 1.82) is 0 Å². The predicted octanol–water partition coefficient (Wildman–Crippen LogP) is 4.02. The summed E-state index contributed by atoms with van der Waals surface area (Å²) in [5, 5.41) is 11.7. The van der Waals surface area contributed by atoms with E-state index in [1.807, 2.05) is 0 Å². The molecule has 3 rings (SSSR count). The van der Waals surface area contributed by atoms with Crippen molar-refractivity contribution in [2.24, 2.45) is 0 Å². The summed E-state index contributed by atoms with van der Waals surface area (Å²) in [6.07, 6.45) is 1.65. The largest absolute Gasteiger partial charge is 0.497 e. The number of carbonyl (C=O) groups is 1. The van der Waals surface area contributed by atoms with E-state index in [-0.39, 0.29) is 29.1 Å². The van der Waals surface area contributed by atoms with Crippen molar-refractivity contribution in [1.82, 2.24) is 4.98 Å². The molecule has 0 saturated heterocycles. The molecule has 3 aromatic rings. The van der Waals surface area contributed by atoms with Gasteiger partial charge in [0.15, 0.2) is 0 Å². The van der Waals surface area contributed by atoms with E-state index in [2.05, 4.69) is 4.98 Å². The monoisotopic (exact) mass is 381 g/mol. The molecule has 1 heterocycles. The standard InChI is InChI=1S/C20H19N3O5/c1-3-28-20(24)17-14(12-6-8-13(27-2)9-7-12)11-15(16-5-4-10-22-16)19(18(17)21)23(25)26/h4-11,22H,3,21H2,1-2H3. The van der Waals surface area contributed by atoms with Crippen molar-refractivity contribution >= 4 is 17.3 Å². The number of nitrogens with zero attached hydrogens (tertiary/aromatic N) is 1. The molecule has 0 bridgehead atoms. The van der Waals surface area contributed by atoms with Crippen molar-refractivity contribution in [3.05, 3.63) is 64.3 Å². The number of carbonyl (C=O) groups excluding carboxylic acids is 1. The van der Waals surface area contributed by atoms with Crippen LogP contribution in [0.5, 0.6) is 5.75 Å². The Morgan fingerprint density at radius 2 is 1.93 bits per heavy atom. The van der Waals surface area contributed by atoms with Gasteiger partial charge in [0.25, 0.3) is 0 Å². The zero-order valence-electron chi connectivity index (χ0n) is 15.4. The van der Waals surface area contributed by atoms with Crippen LogP contribution in [-0.2, 0) is 4.74 Å². The first kappa shape index (κ1) is 19.0. The van der Waals surface area contributed by atoms with Crippen LogP contribution in [0.25, 0.3) is 22.4 Å². The topological polar surface area (TPSA) is 120 Å². The summed E-state index contributed by atoms with van der Waals surface area (Å²) in [5.41, 5.74) is 7.41. The summed E-state index contributed by atoms with van der Waals surface area (Å²) in [7, 11) is 1.55. The number of nitrogen functional groups attached to an aromatic ring is 1. The summed E-state index contributed by atoms with van der Waals surface area (Å²) in [6, 6.07) is 12.0. The number of ether oxygens (including phenoxy) is 2. The number of benzene rings is 2. The van der Waals surface area contributed by atoms with Crippen molar-refractivity contribution in [2.45, 2.75) is 6.92 Å². The van der Waals surface area contributed by atoms with Crippen LogP contribution < -0.4 is 10.5 Å². The van der Waals surface area contributed by atoms with Crippen molar-refractivity contribution in [3.8, 4) is 28.1 Å². The minimum atomic E-state index is -0.716. The number of hydrogen-bond donors (Lipinski definition) is 2. The predicted molar refractivity (Wildman–Crippen MR) is 105 cm³/mol. The third-order valence-electron chi connectivity index (χ3n) is 4.29. The van der Waals surface area contributed by atoms with E-state index >= 15 is 0 Å². The van der Waals surface area contributed by atoms with Gasteiger partial charge in [-0.05, 0) is 48.4 Å².